The molecule has 13 unspecified atom stereocenters. The summed E-state index contributed by atoms with van der Waals surface area (Å²) in [5.41, 5.74) is 12.4. The summed E-state index contributed by atoms with van der Waals surface area (Å²) >= 11 is 0. The maximum atomic E-state index is 14.8. The average molecular weight is 1620 g/mol. The first-order chi connectivity index (χ1) is 54.4. The number of rotatable bonds is 35. The number of amides is 14. The zero-order valence-electron chi connectivity index (χ0n) is 64.0. The lowest BCUT2D eigenvalue weighted by molar-refractivity contribution is -0.156. The second-order valence-corrected chi connectivity index (χ2v) is 27.5. The van der Waals surface area contributed by atoms with Crippen LogP contribution in [0.25, 0.3) is 10.9 Å². The molecule has 42 nitrogen and oxygen atoms in total. The molecule has 0 radical (unpaired) electrons. The van der Waals surface area contributed by atoms with Crippen LogP contribution in [-0.2, 0) is 102 Å². The fraction of sp³-hybridized carbons (Fsp3) is 0.534. The Morgan fingerprint density at radius 1 is 0.530 bits per heavy atom. The van der Waals surface area contributed by atoms with Gasteiger partial charge in [0.1, 0.15) is 72.6 Å². The van der Waals surface area contributed by atoms with Crippen LogP contribution in [0.5, 0.6) is 0 Å². The van der Waals surface area contributed by atoms with Crippen molar-refractivity contribution in [2.24, 2.45) is 11.7 Å². The molecule has 4 rings (SSSR count). The molecule has 13 atom stereocenters. The van der Waals surface area contributed by atoms with Crippen LogP contribution in [0.4, 0.5) is 5.69 Å². The molecule has 1 saturated heterocycles. The van der Waals surface area contributed by atoms with Gasteiger partial charge in [0.2, 0.25) is 82.7 Å². The first-order valence-corrected chi connectivity index (χ1v) is 37.1. The van der Waals surface area contributed by atoms with Crippen LogP contribution < -0.4 is 80.6 Å². The van der Waals surface area contributed by atoms with Crippen LogP contribution in [0.15, 0.2) is 54.7 Å². The average Bonchev–Trinajstić information content (AvgIpc) is 1.72. The number of nitrogen functional groups attached to an aromatic ring is 1. The number of nitrogens with one attached hydrogen (secondary N) is 14. The van der Waals surface area contributed by atoms with Gasteiger partial charge in [-0.3, -0.25) is 91.1 Å². The third-order valence-electron chi connectivity index (χ3n) is 18.0. The number of unbranched alkanes of at least 4 members (excludes halogenated alkanes) is 7. The predicted octanol–water partition coefficient (Wildman–Crippen LogP) is -4.17. The highest BCUT2D eigenvalue weighted by Crippen LogP contribution is 2.22. The van der Waals surface area contributed by atoms with Gasteiger partial charge < -0.3 is 116 Å². The summed E-state index contributed by atoms with van der Waals surface area (Å²) < 4.78 is 5.69. The van der Waals surface area contributed by atoms with Gasteiger partial charge in [0.25, 0.3) is 0 Å². The zero-order chi connectivity index (χ0) is 85.8. The molecular weight excluding hydrogens is 1520 g/mol. The molecule has 1 aliphatic heterocycles. The number of para-hydroxylation sites is 2. The number of hydrogen-bond donors (Lipinski definition) is 21. The highest BCUT2D eigenvalue weighted by atomic mass is 16.5. The maximum Gasteiger partial charge on any atom is 0.329 e. The number of fused-ring (bicyclic) bond motifs is 1. The Morgan fingerprint density at radius 3 is 1.66 bits per heavy atom. The van der Waals surface area contributed by atoms with Crippen LogP contribution in [0.1, 0.15) is 160 Å². The third kappa shape index (κ3) is 32.5. The number of cyclic esters (lactones) is 1. The molecule has 1 aliphatic rings. The number of carboxylic acid groups (broad SMARTS) is 4. The maximum absolute atomic E-state index is 14.8. The number of carboxylic acids is 4. The summed E-state index contributed by atoms with van der Waals surface area (Å²) in [4.78, 5) is 276. The topological polar surface area (TPSA) is 676 Å². The summed E-state index contributed by atoms with van der Waals surface area (Å²) in [7, 11) is 0. The molecule has 3 aromatic rings. The van der Waals surface area contributed by atoms with Crippen molar-refractivity contribution in [3.63, 3.8) is 0 Å². The Balaban J connectivity index is 1.87. The number of aliphatic hydroxyl groups is 1. The number of hydrogen-bond acceptors (Lipinski definition) is 23. The van der Waals surface area contributed by atoms with E-state index < -0.39 is 255 Å². The number of anilines is 1. The Kier molecular flexibility index (Phi) is 39.2. The van der Waals surface area contributed by atoms with Crippen LogP contribution in [0, 0.1) is 5.92 Å². The molecule has 42 heteroatoms. The minimum atomic E-state index is -2.43. The van der Waals surface area contributed by atoms with Crippen LogP contribution in [0.2, 0.25) is 0 Å². The SMILES string of the molecule is CCCCCCCCCC(=O)NC(Cc1c[nH]c2ccccc12)C(=O)NC(CC(N)=O)C(=O)NC(CC(=O)O)C(=O)NC1C(=O)NCC(=O)NC(CCCC)C(=O)NC(CC(=O)O)C(=O)NC(C)C(=O)NC(CC(=O)O)C(=O)NCC(=O)NC(CO)C(=O)NC(C(C)CC(=O)O)C(=O)NC(CC(=O)c2ccccc2N)C(=O)OC1C. The molecule has 2 heterocycles. The van der Waals surface area contributed by atoms with Gasteiger partial charge in [-0.1, -0.05) is 102 Å². The van der Waals surface area contributed by atoms with Gasteiger partial charge in [0.05, 0.1) is 51.8 Å². The van der Waals surface area contributed by atoms with E-state index in [1.807, 2.05) is 16.0 Å². The van der Waals surface area contributed by atoms with Crippen molar-refractivity contribution in [2.75, 3.05) is 25.4 Å². The molecule has 2 aromatic carbocycles. The minimum Gasteiger partial charge on any atom is -0.481 e. The normalized spacial score (nSPS) is 21.2. The summed E-state index contributed by atoms with van der Waals surface area (Å²) in [5.74, 6) is -29.5. The van der Waals surface area contributed by atoms with E-state index in [9.17, 15) is 121 Å². The lowest BCUT2D eigenvalue weighted by Gasteiger charge is -2.30. The standard InChI is InChI=1S/C73H102N16O26/c1-6-8-10-11-12-13-14-24-54(93)81-45(26-39-32-76-43-23-18-16-19-40(39)43)67(108)84-46(28-53(75)92)68(109)86-49(31-60(102)103)69(110)89-62-38(5)115-73(114)50(27-52(91)41-20-15-17-21-42(41)74)87-72(113)61(36(3)25-57(96)97)88-70(111)51(35-90)82-56(95)33-77-64(105)47(29-58(98)99)83-63(104)37(4)79-66(107)48(30-59(100)101)85-65(106)44(22-9-7-2)80-55(94)34-78-71(62)112/h15-21,23,32,36-38,44-51,61-62,76,90H,6-14,22,24-31,33-35,74H2,1-5H3,(H2,75,92)(H,77,105)(H,78,112)(H,79,107)(H,80,94)(H,81,93)(H,82,95)(H,83,104)(H,84,108)(H,85,106)(H,86,109)(H,87,113)(H,88,111)(H,89,110)(H,96,97)(H,98,99)(H,100,101)(H,102,103). The van der Waals surface area contributed by atoms with E-state index in [1.54, 1.807) is 37.4 Å². The van der Waals surface area contributed by atoms with Gasteiger partial charge in [0, 0.05) is 47.6 Å². The van der Waals surface area contributed by atoms with E-state index in [0.717, 1.165) is 52.9 Å². The first-order valence-electron chi connectivity index (χ1n) is 37.1. The lowest BCUT2D eigenvalue weighted by Crippen LogP contribution is -2.62. The van der Waals surface area contributed by atoms with Gasteiger partial charge in [-0.05, 0) is 56.4 Å². The van der Waals surface area contributed by atoms with Gasteiger partial charge in [0.15, 0.2) is 5.78 Å². The number of H-pyrrole nitrogens is 1. The number of nitrogens with two attached hydrogens (primary N) is 2. The van der Waals surface area contributed by atoms with Crippen molar-refractivity contribution in [3.05, 3.63) is 65.9 Å². The summed E-state index contributed by atoms with van der Waals surface area (Å²) in [6.07, 6.45) is -1.55. The molecule has 630 valence electrons. The molecule has 0 saturated carbocycles. The highest BCUT2D eigenvalue weighted by molar-refractivity contribution is 6.05. The summed E-state index contributed by atoms with van der Waals surface area (Å²) in [5, 5.41) is 78.9. The number of ketones is 1. The van der Waals surface area contributed by atoms with Crippen LogP contribution in [0.3, 0.4) is 0 Å². The second-order valence-electron chi connectivity index (χ2n) is 27.5. The molecule has 14 amide bonds. The predicted molar refractivity (Wildman–Crippen MR) is 401 cm³/mol. The van der Waals surface area contributed by atoms with Crippen molar-refractivity contribution in [1.82, 2.24) is 74.1 Å². The van der Waals surface area contributed by atoms with Crippen molar-refractivity contribution in [2.45, 2.75) is 223 Å². The molecule has 1 fully saturated rings. The van der Waals surface area contributed by atoms with Gasteiger partial charge in [-0.25, -0.2) is 4.79 Å². The number of aromatic nitrogens is 1. The summed E-state index contributed by atoms with van der Waals surface area (Å²) in [6.45, 7) is 3.02. The molecule has 1 aromatic heterocycles. The van der Waals surface area contributed by atoms with Gasteiger partial charge >= 0.3 is 29.8 Å². The molecule has 115 heavy (non-hydrogen) atoms. The third-order valence-corrected chi connectivity index (χ3v) is 18.0. The van der Waals surface area contributed by atoms with E-state index in [1.165, 1.54) is 24.3 Å². The lowest BCUT2D eigenvalue weighted by atomic mass is 9.96. The first kappa shape index (κ1) is 94.7. The second kappa shape index (κ2) is 47.6. The molecular formula is C73H102N16O26. The van der Waals surface area contributed by atoms with E-state index in [0.29, 0.717) is 35.7 Å². The Labute approximate surface area is 658 Å². The highest BCUT2D eigenvalue weighted by Gasteiger charge is 2.41. The molecule has 0 spiro atoms. The van der Waals surface area contributed by atoms with E-state index in [4.69, 9.17) is 16.2 Å². The Hall–Kier alpha value is -12.7. The minimum absolute atomic E-state index is 0.0148. The summed E-state index contributed by atoms with van der Waals surface area (Å²) in [6, 6.07) is -10.3. The number of benzene rings is 2. The number of aromatic amines is 1. The monoisotopic (exact) mass is 1620 g/mol. The zero-order valence-corrected chi connectivity index (χ0v) is 64.0. The number of carbonyl (C=O) groups excluding carboxylic acids is 16. The smallest absolute Gasteiger partial charge is 0.329 e. The van der Waals surface area contributed by atoms with Gasteiger partial charge in [-0.15, -0.1) is 0 Å². The quantitative estimate of drug-likeness (QED) is 0.0115. The Morgan fingerprint density at radius 2 is 1.06 bits per heavy atom. The van der Waals surface area contributed by atoms with Crippen molar-refractivity contribution in [3.8, 4) is 0 Å². The number of aliphatic hydroxyl groups excluding tert-OH is 1. The number of primary amides is 1. The molecule has 23 N–H and O–H groups in total. The van der Waals surface area contributed by atoms with Crippen molar-refractivity contribution in [1.29, 1.82) is 0 Å². The fourth-order valence-electron chi connectivity index (χ4n) is 11.8. The van der Waals surface area contributed by atoms with Crippen LogP contribution >= 0.6 is 0 Å². The Bertz CT molecular complexity index is 4040. The van der Waals surface area contributed by atoms with Crippen LogP contribution in [-0.4, -0.2) is 241 Å². The fourth-order valence-corrected chi connectivity index (χ4v) is 11.8. The molecule has 0 aliphatic carbocycles. The van der Waals surface area contributed by atoms with E-state index in [-0.39, 0.29) is 36.9 Å². The number of Topliss-reactive ketones (excluding diaryl/α,β-unsaturated/α-hetero) is 1. The van der Waals surface area contributed by atoms with E-state index in [2.05, 4.69) is 65.1 Å². The van der Waals surface area contributed by atoms with Crippen molar-refractivity contribution < 1.29 is 126 Å². The number of carbonyl (C=O) groups is 20. The largest absolute Gasteiger partial charge is 0.481 e. The number of esters is 1. The number of aliphatic carboxylic acids is 4. The van der Waals surface area contributed by atoms with Crippen molar-refractivity contribution >= 4 is 135 Å². The molecule has 0 bridgehead atoms. The van der Waals surface area contributed by atoms with Gasteiger partial charge in [-0.2, -0.15) is 0 Å². The number of ether oxygens (including phenoxy) is 1. The van der Waals surface area contributed by atoms with E-state index >= 15 is 0 Å².